The number of rotatable bonds is 8. The van der Waals surface area contributed by atoms with Gasteiger partial charge in [0.25, 0.3) is 5.91 Å². The molecule has 1 rings (SSSR count). The number of likely N-dealkylation sites (N-methyl/N-ethyl adjacent to an activating group) is 2. The Bertz CT molecular complexity index is 504. The predicted molar refractivity (Wildman–Crippen MR) is 91.8 cm³/mol. The summed E-state index contributed by atoms with van der Waals surface area (Å²) in [5.74, 6) is 0.363. The van der Waals surface area contributed by atoms with E-state index in [9.17, 15) is 4.79 Å². The minimum atomic E-state index is -0.0894. The van der Waals surface area contributed by atoms with Crippen LogP contribution in [-0.2, 0) is 0 Å². The lowest BCUT2D eigenvalue weighted by Crippen LogP contribution is -2.38. The molecule has 1 aromatic rings. The van der Waals surface area contributed by atoms with Crippen molar-refractivity contribution in [1.29, 1.82) is 0 Å². The number of methoxy groups -OCH3 is 1. The lowest BCUT2D eigenvalue weighted by molar-refractivity contribution is 0.0743. The first-order valence-corrected chi connectivity index (χ1v) is 8.00. The van der Waals surface area contributed by atoms with Gasteiger partial charge in [0.15, 0.2) is 0 Å². The van der Waals surface area contributed by atoms with Gasteiger partial charge in [-0.05, 0) is 26.1 Å². The zero-order valence-corrected chi connectivity index (χ0v) is 14.6. The molecule has 6 heteroatoms. The summed E-state index contributed by atoms with van der Waals surface area (Å²) in [6.45, 7) is 10.3. The van der Waals surface area contributed by atoms with E-state index in [1.807, 2.05) is 6.92 Å². The third-order valence-electron chi connectivity index (χ3n) is 3.80. The maximum Gasteiger partial charge on any atom is 0.257 e. The Hall–Kier alpha value is -1.46. The second-order valence-corrected chi connectivity index (χ2v) is 5.39. The Kier molecular flexibility index (Phi) is 7.48. The molecule has 0 atom stereocenters. The van der Waals surface area contributed by atoms with Gasteiger partial charge in [-0.3, -0.25) is 4.79 Å². The van der Waals surface area contributed by atoms with Gasteiger partial charge < -0.3 is 20.3 Å². The number of nitrogens with two attached hydrogens (primary N) is 1. The Morgan fingerprint density at radius 1 is 1.18 bits per heavy atom. The lowest BCUT2D eigenvalue weighted by Gasteiger charge is -2.26. The fraction of sp³-hybridized carbons (Fsp3) is 0.562. The van der Waals surface area contributed by atoms with Gasteiger partial charge in [0.05, 0.1) is 23.4 Å². The van der Waals surface area contributed by atoms with Gasteiger partial charge in [0, 0.05) is 25.7 Å². The molecule has 0 radical (unpaired) electrons. The molecule has 0 fully saturated rings. The molecule has 0 unspecified atom stereocenters. The zero-order valence-electron chi connectivity index (χ0n) is 13.9. The van der Waals surface area contributed by atoms with Crippen LogP contribution in [0.25, 0.3) is 0 Å². The molecule has 0 aromatic heterocycles. The van der Waals surface area contributed by atoms with Crippen LogP contribution in [0.1, 0.15) is 31.1 Å². The molecule has 0 aliphatic carbocycles. The third-order valence-corrected chi connectivity index (χ3v) is 4.13. The zero-order chi connectivity index (χ0) is 16.7. The molecule has 0 aliphatic heterocycles. The van der Waals surface area contributed by atoms with Crippen LogP contribution in [0.2, 0.25) is 5.02 Å². The SMILES string of the molecule is CCN(CC)CCN(CC)C(=O)c1cc(Cl)c(N)cc1OC. The Balaban J connectivity index is 2.94. The summed E-state index contributed by atoms with van der Waals surface area (Å²) < 4.78 is 5.27. The molecule has 0 saturated heterocycles. The second kappa shape index (κ2) is 8.86. The molecule has 5 nitrogen and oxygen atoms in total. The first-order chi connectivity index (χ1) is 10.5. The third kappa shape index (κ3) is 4.52. The normalized spacial score (nSPS) is 10.8. The molecule has 1 amide bonds. The Morgan fingerprint density at radius 2 is 1.82 bits per heavy atom. The van der Waals surface area contributed by atoms with E-state index in [2.05, 4.69) is 18.7 Å². The molecule has 0 bridgehead atoms. The molecule has 22 heavy (non-hydrogen) atoms. The summed E-state index contributed by atoms with van der Waals surface area (Å²) in [6.07, 6.45) is 0. The summed E-state index contributed by atoms with van der Waals surface area (Å²) >= 11 is 6.05. The molecular formula is C16H26ClN3O2. The van der Waals surface area contributed by atoms with Crippen LogP contribution < -0.4 is 10.5 Å². The molecule has 1 aromatic carbocycles. The average molecular weight is 328 g/mol. The number of carbonyl (C=O) groups excluding carboxylic acids is 1. The summed E-state index contributed by atoms with van der Waals surface area (Å²) in [7, 11) is 1.52. The highest BCUT2D eigenvalue weighted by atomic mass is 35.5. The molecule has 124 valence electrons. The topological polar surface area (TPSA) is 58.8 Å². The largest absolute Gasteiger partial charge is 0.496 e. The van der Waals surface area contributed by atoms with Gasteiger partial charge in [0.2, 0.25) is 0 Å². The number of nitrogens with zero attached hydrogens (tertiary/aromatic N) is 2. The first kappa shape index (κ1) is 18.6. The van der Waals surface area contributed by atoms with E-state index in [4.69, 9.17) is 22.1 Å². The van der Waals surface area contributed by atoms with Crippen LogP contribution in [0, 0.1) is 0 Å². The van der Waals surface area contributed by atoms with Gasteiger partial charge in [-0.15, -0.1) is 0 Å². The number of hydrogen-bond donors (Lipinski definition) is 1. The summed E-state index contributed by atoms with van der Waals surface area (Å²) in [5, 5.41) is 0.365. The van der Waals surface area contributed by atoms with Crippen LogP contribution in [0.15, 0.2) is 12.1 Å². The summed E-state index contributed by atoms with van der Waals surface area (Å²) in [4.78, 5) is 16.8. The van der Waals surface area contributed by atoms with Crippen molar-refractivity contribution in [2.45, 2.75) is 20.8 Å². The highest BCUT2D eigenvalue weighted by Gasteiger charge is 2.20. The van der Waals surface area contributed by atoms with E-state index >= 15 is 0 Å². The predicted octanol–water partition coefficient (Wildman–Crippen LogP) is 2.73. The van der Waals surface area contributed by atoms with Crippen LogP contribution in [0.4, 0.5) is 5.69 Å². The number of amides is 1. The molecular weight excluding hydrogens is 302 g/mol. The van der Waals surface area contributed by atoms with Crippen molar-refractivity contribution in [1.82, 2.24) is 9.80 Å². The highest BCUT2D eigenvalue weighted by Crippen LogP contribution is 2.29. The van der Waals surface area contributed by atoms with E-state index in [-0.39, 0.29) is 5.91 Å². The molecule has 0 aliphatic rings. The van der Waals surface area contributed by atoms with E-state index in [0.717, 1.165) is 19.6 Å². The van der Waals surface area contributed by atoms with Crippen LogP contribution >= 0.6 is 11.6 Å². The van der Waals surface area contributed by atoms with E-state index < -0.39 is 0 Å². The minimum absolute atomic E-state index is 0.0894. The van der Waals surface area contributed by atoms with Crippen molar-refractivity contribution in [3.63, 3.8) is 0 Å². The Labute approximate surface area is 138 Å². The van der Waals surface area contributed by atoms with Crippen molar-refractivity contribution < 1.29 is 9.53 Å². The van der Waals surface area contributed by atoms with E-state index in [1.165, 1.54) is 7.11 Å². The maximum absolute atomic E-state index is 12.7. The van der Waals surface area contributed by atoms with Crippen LogP contribution in [-0.4, -0.2) is 55.5 Å². The summed E-state index contributed by atoms with van der Waals surface area (Å²) in [5.41, 5.74) is 6.62. The number of benzene rings is 1. The van der Waals surface area contributed by atoms with Crippen molar-refractivity contribution in [2.24, 2.45) is 0 Å². The lowest BCUT2D eigenvalue weighted by atomic mass is 10.1. The number of ether oxygens (including phenoxy) is 1. The fourth-order valence-corrected chi connectivity index (χ4v) is 2.44. The van der Waals surface area contributed by atoms with Gasteiger partial charge in [-0.2, -0.15) is 0 Å². The van der Waals surface area contributed by atoms with Crippen LogP contribution in [0.3, 0.4) is 0 Å². The highest BCUT2D eigenvalue weighted by molar-refractivity contribution is 6.33. The van der Waals surface area contributed by atoms with Gasteiger partial charge in [0.1, 0.15) is 5.75 Å². The molecule has 0 spiro atoms. The van der Waals surface area contributed by atoms with E-state index in [1.54, 1.807) is 17.0 Å². The smallest absolute Gasteiger partial charge is 0.257 e. The number of carbonyl (C=O) groups is 1. The molecule has 0 heterocycles. The van der Waals surface area contributed by atoms with Crippen molar-refractivity contribution in [3.05, 3.63) is 22.7 Å². The van der Waals surface area contributed by atoms with Crippen molar-refractivity contribution in [2.75, 3.05) is 45.6 Å². The van der Waals surface area contributed by atoms with Gasteiger partial charge in [-0.25, -0.2) is 0 Å². The van der Waals surface area contributed by atoms with Gasteiger partial charge in [-0.1, -0.05) is 25.4 Å². The quantitative estimate of drug-likeness (QED) is 0.746. The van der Waals surface area contributed by atoms with E-state index in [0.29, 0.717) is 35.1 Å². The standard InChI is InChI=1S/C16H26ClN3O2/c1-5-19(6-2)8-9-20(7-3)16(21)12-10-13(17)14(18)11-15(12)22-4/h10-11H,5-9,18H2,1-4H3. The van der Waals surface area contributed by atoms with Crippen LogP contribution in [0.5, 0.6) is 5.75 Å². The first-order valence-electron chi connectivity index (χ1n) is 7.62. The number of halogens is 1. The van der Waals surface area contributed by atoms with Crippen molar-refractivity contribution in [3.8, 4) is 5.75 Å². The number of nitrogen functional groups attached to an aromatic ring is 1. The molecule has 0 saturated carbocycles. The van der Waals surface area contributed by atoms with Crippen molar-refractivity contribution >= 4 is 23.2 Å². The second-order valence-electron chi connectivity index (χ2n) is 4.99. The fourth-order valence-electron chi connectivity index (χ4n) is 2.28. The number of hydrogen-bond acceptors (Lipinski definition) is 4. The number of anilines is 1. The molecule has 2 N–H and O–H groups in total. The maximum atomic E-state index is 12.7. The minimum Gasteiger partial charge on any atom is -0.496 e. The Morgan fingerprint density at radius 3 is 2.32 bits per heavy atom. The average Bonchev–Trinajstić information content (AvgIpc) is 2.53. The summed E-state index contributed by atoms with van der Waals surface area (Å²) in [6, 6.07) is 3.17. The van der Waals surface area contributed by atoms with Gasteiger partial charge >= 0.3 is 0 Å². The monoisotopic (exact) mass is 327 g/mol.